The fraction of sp³-hybridized carbons (Fsp3) is 0.118. The molecule has 0 fully saturated rings. The Morgan fingerprint density at radius 1 is 1.12 bits per heavy atom. The Morgan fingerprint density at radius 2 is 1.79 bits per heavy atom. The predicted molar refractivity (Wildman–Crippen MR) is 97.7 cm³/mol. The van der Waals surface area contributed by atoms with Gasteiger partial charge in [0, 0.05) is 15.5 Å². The van der Waals surface area contributed by atoms with Crippen molar-refractivity contribution in [3.8, 4) is 0 Å². The summed E-state index contributed by atoms with van der Waals surface area (Å²) in [5.41, 5.74) is 3.67. The zero-order valence-corrected chi connectivity index (χ0v) is 14.5. The van der Waals surface area contributed by atoms with Gasteiger partial charge in [0.1, 0.15) is 0 Å². The van der Waals surface area contributed by atoms with Crippen molar-refractivity contribution in [2.75, 3.05) is 12.8 Å². The lowest BCUT2D eigenvalue weighted by Gasteiger charge is -2.04. The predicted octanol–water partition coefficient (Wildman–Crippen LogP) is 2.94. The maximum atomic E-state index is 11.8. The number of nitrogens with one attached hydrogen (secondary N) is 2. The van der Waals surface area contributed by atoms with E-state index in [1.807, 2.05) is 30.5 Å². The molecule has 5 nitrogen and oxygen atoms in total. The van der Waals surface area contributed by atoms with Crippen LogP contribution in [0.15, 0.2) is 58.5 Å². The van der Waals surface area contributed by atoms with Crippen molar-refractivity contribution in [2.24, 2.45) is 5.10 Å². The van der Waals surface area contributed by atoms with Crippen LogP contribution in [-0.2, 0) is 4.79 Å². The van der Waals surface area contributed by atoms with Gasteiger partial charge in [0.15, 0.2) is 0 Å². The van der Waals surface area contributed by atoms with E-state index < -0.39 is 5.91 Å². The lowest BCUT2D eigenvalue weighted by molar-refractivity contribution is -0.120. The number of carbonyl (C=O) groups is 2. The van der Waals surface area contributed by atoms with Crippen LogP contribution in [0.3, 0.4) is 0 Å². The molecule has 0 bridgehead atoms. The molecule has 0 aromatic heterocycles. The second kappa shape index (κ2) is 9.10. The Labute approximate surface area is 149 Å². The molecule has 7 heteroatoms. The largest absolute Gasteiger partial charge is 0.343 e. The minimum Gasteiger partial charge on any atom is -0.343 e. The van der Waals surface area contributed by atoms with Crippen LogP contribution in [-0.4, -0.2) is 30.8 Å². The van der Waals surface area contributed by atoms with Gasteiger partial charge in [0.05, 0.1) is 12.8 Å². The Kier molecular flexibility index (Phi) is 6.84. The van der Waals surface area contributed by atoms with Crippen LogP contribution in [0.1, 0.15) is 15.9 Å². The number of amides is 2. The smallest absolute Gasteiger partial charge is 0.259 e. The molecular weight excluding hydrogens is 346 g/mol. The van der Waals surface area contributed by atoms with Crippen LogP contribution in [0, 0.1) is 0 Å². The molecule has 0 saturated carbocycles. The van der Waals surface area contributed by atoms with Gasteiger partial charge >= 0.3 is 0 Å². The molecule has 0 radical (unpaired) electrons. The van der Waals surface area contributed by atoms with E-state index in [4.69, 9.17) is 11.6 Å². The maximum absolute atomic E-state index is 11.8. The minimum atomic E-state index is -0.408. The highest BCUT2D eigenvalue weighted by atomic mass is 35.5. The zero-order chi connectivity index (χ0) is 17.4. The average molecular weight is 362 g/mol. The molecule has 2 aromatic rings. The second-order valence-electron chi connectivity index (χ2n) is 4.76. The third-order valence-corrected chi connectivity index (χ3v) is 4.03. The number of halogens is 1. The number of thioether (sulfide) groups is 1. The number of hydrogen-bond acceptors (Lipinski definition) is 4. The number of carbonyl (C=O) groups excluding carboxylic acids is 2. The van der Waals surface area contributed by atoms with Crippen LogP contribution >= 0.6 is 23.4 Å². The number of hydrazone groups is 1. The molecule has 2 amide bonds. The Bertz CT molecular complexity index is 731. The highest BCUT2D eigenvalue weighted by Gasteiger charge is 2.07. The summed E-state index contributed by atoms with van der Waals surface area (Å²) in [5, 5.41) is 6.92. The molecule has 0 aliphatic rings. The lowest BCUT2D eigenvalue weighted by atomic mass is 10.2. The van der Waals surface area contributed by atoms with Crippen LogP contribution in [0.2, 0.25) is 5.02 Å². The summed E-state index contributed by atoms with van der Waals surface area (Å²) < 4.78 is 0. The van der Waals surface area contributed by atoms with Gasteiger partial charge in [0.2, 0.25) is 0 Å². The zero-order valence-electron chi connectivity index (χ0n) is 13.0. The molecule has 24 heavy (non-hydrogen) atoms. The molecule has 0 aliphatic carbocycles. The van der Waals surface area contributed by atoms with Crippen molar-refractivity contribution >= 4 is 41.4 Å². The Hall–Kier alpha value is -2.31. The summed E-state index contributed by atoms with van der Waals surface area (Å²) in [6, 6.07) is 14.2. The van der Waals surface area contributed by atoms with E-state index in [1.54, 1.807) is 42.2 Å². The summed E-state index contributed by atoms with van der Waals surface area (Å²) in [6.45, 7) is -0.162. The summed E-state index contributed by atoms with van der Waals surface area (Å²) in [5.74, 6) is -0.757. The molecule has 0 aliphatic heterocycles. The molecule has 0 unspecified atom stereocenters. The molecule has 124 valence electrons. The summed E-state index contributed by atoms with van der Waals surface area (Å²) >= 11 is 7.41. The Balaban J connectivity index is 1.77. The first kappa shape index (κ1) is 18.0. The average Bonchev–Trinajstić information content (AvgIpc) is 2.61. The van der Waals surface area contributed by atoms with Gasteiger partial charge in [0.25, 0.3) is 11.8 Å². The van der Waals surface area contributed by atoms with E-state index in [2.05, 4.69) is 15.8 Å². The van der Waals surface area contributed by atoms with Crippen molar-refractivity contribution in [3.63, 3.8) is 0 Å². The van der Waals surface area contributed by atoms with Crippen molar-refractivity contribution in [1.29, 1.82) is 0 Å². The van der Waals surface area contributed by atoms with Crippen molar-refractivity contribution in [3.05, 3.63) is 64.7 Å². The van der Waals surface area contributed by atoms with E-state index in [-0.39, 0.29) is 12.5 Å². The standard InChI is InChI=1S/C17H16ClN3O2S/c1-24-15-8-2-12(3-9-15)10-20-21-16(22)11-19-17(23)13-4-6-14(18)7-5-13/h2-10H,11H2,1H3,(H,19,23)(H,21,22)/b20-10+. The first-order chi connectivity index (χ1) is 11.6. The maximum Gasteiger partial charge on any atom is 0.259 e. The van der Waals surface area contributed by atoms with Crippen LogP contribution < -0.4 is 10.7 Å². The topological polar surface area (TPSA) is 70.6 Å². The normalized spacial score (nSPS) is 10.6. The van der Waals surface area contributed by atoms with Crippen molar-refractivity contribution in [1.82, 2.24) is 10.7 Å². The molecule has 2 N–H and O–H groups in total. The van der Waals surface area contributed by atoms with Gasteiger partial charge in [-0.25, -0.2) is 5.43 Å². The first-order valence-corrected chi connectivity index (χ1v) is 8.68. The molecule has 2 rings (SSSR count). The summed E-state index contributed by atoms with van der Waals surface area (Å²) in [4.78, 5) is 24.7. The van der Waals surface area contributed by atoms with E-state index in [0.717, 1.165) is 10.5 Å². The fourth-order valence-corrected chi connectivity index (χ4v) is 2.31. The lowest BCUT2D eigenvalue weighted by Crippen LogP contribution is -2.34. The highest BCUT2D eigenvalue weighted by molar-refractivity contribution is 7.98. The molecule has 0 heterocycles. The SMILES string of the molecule is CSc1ccc(/C=N/NC(=O)CNC(=O)c2ccc(Cl)cc2)cc1. The number of rotatable bonds is 6. The van der Waals surface area contributed by atoms with Crippen molar-refractivity contribution in [2.45, 2.75) is 4.90 Å². The van der Waals surface area contributed by atoms with E-state index >= 15 is 0 Å². The second-order valence-corrected chi connectivity index (χ2v) is 6.07. The Morgan fingerprint density at radius 3 is 2.42 bits per heavy atom. The van der Waals surface area contributed by atoms with Gasteiger partial charge in [-0.1, -0.05) is 23.7 Å². The van der Waals surface area contributed by atoms with E-state index in [9.17, 15) is 9.59 Å². The molecular formula is C17H16ClN3O2S. The third kappa shape index (κ3) is 5.72. The molecule has 2 aromatic carbocycles. The van der Waals surface area contributed by atoms with E-state index in [0.29, 0.717) is 10.6 Å². The van der Waals surface area contributed by atoms with Crippen LogP contribution in [0.25, 0.3) is 0 Å². The van der Waals surface area contributed by atoms with Crippen LogP contribution in [0.5, 0.6) is 0 Å². The monoisotopic (exact) mass is 361 g/mol. The van der Waals surface area contributed by atoms with Crippen molar-refractivity contribution < 1.29 is 9.59 Å². The molecule has 0 saturated heterocycles. The highest BCUT2D eigenvalue weighted by Crippen LogP contribution is 2.13. The number of hydrogen-bond donors (Lipinski definition) is 2. The third-order valence-electron chi connectivity index (χ3n) is 3.03. The minimum absolute atomic E-state index is 0.162. The molecule has 0 atom stereocenters. The van der Waals surface area contributed by atoms with Gasteiger partial charge in [-0.3, -0.25) is 9.59 Å². The van der Waals surface area contributed by atoms with Crippen LogP contribution in [0.4, 0.5) is 0 Å². The van der Waals surface area contributed by atoms with Gasteiger partial charge < -0.3 is 5.32 Å². The van der Waals surface area contributed by atoms with Gasteiger partial charge in [-0.05, 0) is 48.2 Å². The number of benzene rings is 2. The van der Waals surface area contributed by atoms with E-state index in [1.165, 1.54) is 0 Å². The first-order valence-electron chi connectivity index (χ1n) is 7.08. The summed E-state index contributed by atoms with van der Waals surface area (Å²) in [7, 11) is 0. The van der Waals surface area contributed by atoms with Gasteiger partial charge in [-0.15, -0.1) is 11.8 Å². The van der Waals surface area contributed by atoms with Gasteiger partial charge in [-0.2, -0.15) is 5.10 Å². The number of nitrogens with zero attached hydrogens (tertiary/aromatic N) is 1. The molecule has 0 spiro atoms. The quantitative estimate of drug-likeness (QED) is 0.472. The summed E-state index contributed by atoms with van der Waals surface area (Å²) in [6.07, 6.45) is 3.55. The fourth-order valence-electron chi connectivity index (χ4n) is 1.77.